The van der Waals surface area contributed by atoms with E-state index in [1.165, 1.54) is 12.3 Å². The first-order valence-electron chi connectivity index (χ1n) is 10.6. The molecule has 15 heteroatoms. The van der Waals surface area contributed by atoms with Gasteiger partial charge in [0.25, 0.3) is 0 Å². The number of hydrogen-bond acceptors (Lipinski definition) is 6. The molecule has 6 N–H and O–H groups in total. The lowest BCUT2D eigenvalue weighted by molar-refractivity contribution is -0.109. The molecule has 8 nitrogen and oxygen atoms in total. The zero-order chi connectivity index (χ0) is 28.3. The Morgan fingerprint density at radius 3 is 2.08 bits per heavy atom. The number of pyridine rings is 1. The van der Waals surface area contributed by atoms with Gasteiger partial charge in [0.1, 0.15) is 27.2 Å². The Hall–Kier alpha value is -2.30. The molecule has 2 aromatic heterocycles. The van der Waals surface area contributed by atoms with Crippen LogP contribution in [0.1, 0.15) is 5.69 Å². The van der Waals surface area contributed by atoms with E-state index < -0.39 is 16.2 Å². The molecule has 1 amide bonds. The van der Waals surface area contributed by atoms with E-state index in [0.29, 0.717) is 23.5 Å². The highest BCUT2D eigenvalue weighted by molar-refractivity contribution is 6.61. The number of aliphatic hydroxyl groups is 3. The van der Waals surface area contributed by atoms with Crippen LogP contribution in [0.15, 0.2) is 54.9 Å². The monoisotopic (exact) mass is 532 g/mol. The number of amides is 1. The minimum Gasteiger partial charge on any atom is -0.404 e. The number of aliphatic hydroxyl groups excluding tert-OH is 1. The summed E-state index contributed by atoms with van der Waals surface area (Å²) in [5.41, 5.74) is -0.407. The van der Waals surface area contributed by atoms with Gasteiger partial charge in [0, 0.05) is 46.2 Å². The summed E-state index contributed by atoms with van der Waals surface area (Å²) < 4.78 is 0. The number of aromatic nitrogens is 2. The van der Waals surface area contributed by atoms with Crippen molar-refractivity contribution < 1.29 is 20.1 Å². The van der Waals surface area contributed by atoms with Crippen LogP contribution in [0.2, 0.25) is 15.2 Å². The minimum atomic E-state index is -2.77. The SMILES string of the molecule is Clc1ccccc1.O=CNCCO.[B]C([B])([B])C(O)(Nc1cc(-c2c[nH]c(C)c2)c(Cl)cn1)C([B])([B])O. The first-order chi connectivity index (χ1) is 17.2. The largest absolute Gasteiger partial charge is 0.404 e. The van der Waals surface area contributed by atoms with Gasteiger partial charge in [-0.3, -0.25) is 4.79 Å². The Bertz CT molecular complexity index is 1100. The van der Waals surface area contributed by atoms with Crippen LogP contribution in [0.3, 0.4) is 0 Å². The average Bonchev–Trinajstić information content (AvgIpc) is 3.25. The van der Waals surface area contributed by atoms with Gasteiger partial charge in [-0.1, -0.05) is 46.5 Å². The summed E-state index contributed by atoms with van der Waals surface area (Å²) >= 11 is 11.7. The molecule has 3 rings (SSSR count). The fourth-order valence-electron chi connectivity index (χ4n) is 2.67. The van der Waals surface area contributed by atoms with Crippen molar-refractivity contribution in [1.82, 2.24) is 15.3 Å². The molecule has 3 aromatic rings. The quantitative estimate of drug-likeness (QED) is 0.110. The zero-order valence-corrected chi connectivity index (χ0v) is 21.5. The number of benzene rings is 1. The van der Waals surface area contributed by atoms with Gasteiger partial charge in [-0.05, 0) is 31.2 Å². The number of halogens is 2. The Morgan fingerprint density at radius 2 is 1.70 bits per heavy atom. The van der Waals surface area contributed by atoms with Crippen molar-refractivity contribution >= 4 is 74.7 Å². The van der Waals surface area contributed by atoms with Crippen molar-refractivity contribution in [3.63, 3.8) is 0 Å². The summed E-state index contributed by atoms with van der Waals surface area (Å²) in [7, 11) is 27.2. The predicted molar refractivity (Wildman–Crippen MR) is 151 cm³/mol. The second-order valence-electron chi connectivity index (χ2n) is 7.81. The second-order valence-corrected chi connectivity index (χ2v) is 8.65. The van der Waals surface area contributed by atoms with Crippen molar-refractivity contribution in [3.8, 4) is 11.1 Å². The summed E-state index contributed by atoms with van der Waals surface area (Å²) in [5, 5.41) is 28.9. The van der Waals surface area contributed by atoms with Crippen LogP contribution < -0.4 is 10.6 Å². The van der Waals surface area contributed by atoms with Crippen LogP contribution >= 0.6 is 23.2 Å². The Balaban J connectivity index is 0.000000429. The first-order valence-corrected chi connectivity index (χ1v) is 11.4. The maximum atomic E-state index is 10.5. The van der Waals surface area contributed by atoms with E-state index in [4.69, 9.17) is 67.5 Å². The van der Waals surface area contributed by atoms with Crippen molar-refractivity contribution in [2.75, 3.05) is 18.5 Å². The molecule has 1 unspecified atom stereocenters. The summed E-state index contributed by atoms with van der Waals surface area (Å²) in [5.74, 6) is 0.0378. The normalized spacial score (nSPS) is 12.6. The van der Waals surface area contributed by atoms with Crippen LogP contribution in [0.25, 0.3) is 11.1 Å². The molecule has 184 valence electrons. The maximum absolute atomic E-state index is 10.5. The number of carbonyl (C=O) groups excluding carboxylic acids is 1. The average molecular weight is 532 g/mol. The van der Waals surface area contributed by atoms with E-state index in [9.17, 15) is 15.0 Å². The van der Waals surface area contributed by atoms with Crippen LogP contribution in [-0.2, 0) is 4.79 Å². The number of hydrogen-bond donors (Lipinski definition) is 6. The van der Waals surface area contributed by atoms with Gasteiger partial charge in [-0.25, -0.2) is 4.98 Å². The first kappa shape index (κ1) is 32.7. The lowest BCUT2D eigenvalue weighted by Crippen LogP contribution is -2.67. The third kappa shape index (κ3) is 10.2. The van der Waals surface area contributed by atoms with E-state index in [1.807, 2.05) is 43.3 Å². The maximum Gasteiger partial charge on any atom is 0.207 e. The molecular weight excluding hydrogens is 509 g/mol. The van der Waals surface area contributed by atoms with Gasteiger partial charge in [0.05, 0.1) is 35.2 Å². The Labute approximate surface area is 233 Å². The Kier molecular flexibility index (Phi) is 12.9. The molecule has 0 aliphatic heterocycles. The third-order valence-electron chi connectivity index (χ3n) is 4.58. The molecular formula is C22H23B5Cl2N4O4. The summed E-state index contributed by atoms with van der Waals surface area (Å²) in [6.07, 6.45) is 3.63. The molecule has 1 aromatic carbocycles. The number of nitrogens with zero attached hydrogens (tertiary/aromatic N) is 1. The molecule has 10 radical (unpaired) electrons. The molecule has 0 bridgehead atoms. The molecule has 0 saturated heterocycles. The number of aromatic amines is 1. The lowest BCUT2D eigenvalue weighted by atomic mass is 9.32. The van der Waals surface area contributed by atoms with Crippen LogP contribution in [-0.4, -0.2) is 95.2 Å². The molecule has 2 heterocycles. The van der Waals surface area contributed by atoms with Gasteiger partial charge in [0.15, 0.2) is 0 Å². The highest BCUT2D eigenvalue weighted by Gasteiger charge is 2.49. The van der Waals surface area contributed by atoms with Gasteiger partial charge in [0.2, 0.25) is 6.41 Å². The molecule has 0 saturated carbocycles. The standard InChI is InChI=1S/C13H11B5ClN3O2.C6H5Cl.C3H7NO2/c1-6-2-7(4-20-6)8-3-10(21-5-9(8)19)22-11(23,12(14,15)16)13(17,18)24;7-6-4-2-1-3-5-6;5-2-1-4-3-6/h2-5,20,23-24H,1H3,(H,21,22);1-5H;3,5H,1-2H2,(H,4,6). The number of anilines is 1. The van der Waals surface area contributed by atoms with Crippen LogP contribution in [0, 0.1) is 6.92 Å². The van der Waals surface area contributed by atoms with Crippen molar-refractivity contribution in [3.05, 3.63) is 70.6 Å². The Morgan fingerprint density at radius 1 is 1.08 bits per heavy atom. The van der Waals surface area contributed by atoms with E-state index in [2.05, 4.69) is 20.6 Å². The summed E-state index contributed by atoms with van der Waals surface area (Å²) in [6, 6.07) is 12.8. The van der Waals surface area contributed by atoms with Crippen LogP contribution in [0.4, 0.5) is 5.82 Å². The predicted octanol–water partition coefficient (Wildman–Crippen LogP) is 0.766. The molecule has 0 fully saturated rings. The lowest BCUT2D eigenvalue weighted by Gasteiger charge is -2.51. The van der Waals surface area contributed by atoms with E-state index in [0.717, 1.165) is 16.3 Å². The van der Waals surface area contributed by atoms with Gasteiger partial charge in [-0.2, -0.15) is 0 Å². The number of rotatable bonds is 8. The summed E-state index contributed by atoms with van der Waals surface area (Å²) in [4.78, 5) is 16.3. The van der Waals surface area contributed by atoms with Gasteiger partial charge < -0.3 is 30.9 Å². The van der Waals surface area contributed by atoms with Gasteiger partial charge in [-0.15, -0.1) is 0 Å². The summed E-state index contributed by atoms with van der Waals surface area (Å²) in [6.45, 7) is 2.24. The fourth-order valence-corrected chi connectivity index (χ4v) is 3.03. The highest BCUT2D eigenvalue weighted by Crippen LogP contribution is 2.37. The van der Waals surface area contributed by atoms with Crippen molar-refractivity contribution in [2.24, 2.45) is 0 Å². The van der Waals surface area contributed by atoms with Crippen molar-refractivity contribution in [1.29, 1.82) is 0 Å². The van der Waals surface area contributed by atoms with Crippen molar-refractivity contribution in [2.45, 2.75) is 23.2 Å². The smallest absolute Gasteiger partial charge is 0.207 e. The molecule has 0 spiro atoms. The number of H-pyrrole nitrogens is 1. The molecule has 37 heavy (non-hydrogen) atoms. The van der Waals surface area contributed by atoms with Crippen LogP contribution in [0.5, 0.6) is 0 Å². The van der Waals surface area contributed by atoms with E-state index in [-0.39, 0.29) is 12.4 Å². The number of nitrogens with one attached hydrogen (secondary N) is 3. The highest BCUT2D eigenvalue weighted by atomic mass is 35.5. The fraction of sp³-hybridized carbons (Fsp3) is 0.273. The number of aryl methyl sites for hydroxylation is 1. The van der Waals surface area contributed by atoms with Gasteiger partial charge >= 0.3 is 0 Å². The minimum absolute atomic E-state index is 0.0126. The van der Waals surface area contributed by atoms with E-state index >= 15 is 0 Å². The van der Waals surface area contributed by atoms with E-state index in [1.54, 1.807) is 6.20 Å². The molecule has 0 aliphatic rings. The molecule has 1 atom stereocenters. The zero-order valence-electron chi connectivity index (χ0n) is 20.0. The second kappa shape index (κ2) is 14.6. The molecule has 0 aliphatic carbocycles. The number of carbonyl (C=O) groups is 1. The topological polar surface area (TPSA) is 130 Å². The third-order valence-corrected chi connectivity index (χ3v) is 5.13.